The molecule has 0 saturated carbocycles. The van der Waals surface area contributed by atoms with Gasteiger partial charge in [-0.2, -0.15) is 0 Å². The SMILES string of the molecule is NCCCCC(NC(=O)C(CCC(=O)O)NC(=O)C1CCCN1C(=O)C(N)Cc1c[nH]c2ccccc12)C(=O)O. The molecule has 13 heteroatoms. The second-order valence-electron chi connectivity index (χ2n) is 10.0. The fourth-order valence-corrected chi connectivity index (χ4v) is 4.97. The van der Waals surface area contributed by atoms with Crippen molar-refractivity contribution in [1.29, 1.82) is 0 Å². The largest absolute Gasteiger partial charge is 0.481 e. The van der Waals surface area contributed by atoms with Crippen molar-refractivity contribution >= 4 is 40.6 Å². The summed E-state index contributed by atoms with van der Waals surface area (Å²) in [6.45, 7) is 0.687. The van der Waals surface area contributed by atoms with Gasteiger partial charge in [-0.1, -0.05) is 18.2 Å². The molecule has 13 nitrogen and oxygen atoms in total. The number of carboxylic acid groups (broad SMARTS) is 2. The van der Waals surface area contributed by atoms with Crippen molar-refractivity contribution in [3.63, 3.8) is 0 Å². The number of likely N-dealkylation sites (tertiary alicyclic amines) is 1. The summed E-state index contributed by atoms with van der Waals surface area (Å²) in [6, 6.07) is 3.35. The van der Waals surface area contributed by atoms with E-state index in [2.05, 4.69) is 15.6 Å². The van der Waals surface area contributed by atoms with E-state index < -0.39 is 60.2 Å². The number of fused-ring (bicyclic) bond motifs is 1. The van der Waals surface area contributed by atoms with Gasteiger partial charge in [-0.25, -0.2) is 4.79 Å². The molecular weight excluding hydrogens is 520 g/mol. The first kappa shape index (κ1) is 30.6. The molecule has 4 atom stereocenters. The molecule has 1 saturated heterocycles. The van der Waals surface area contributed by atoms with E-state index in [1.807, 2.05) is 24.3 Å². The van der Waals surface area contributed by atoms with Gasteiger partial charge in [0, 0.05) is 30.1 Å². The fourth-order valence-electron chi connectivity index (χ4n) is 4.97. The number of carbonyl (C=O) groups is 5. The number of amides is 3. The monoisotopic (exact) mass is 558 g/mol. The highest BCUT2D eigenvalue weighted by Gasteiger charge is 2.38. The Hall–Kier alpha value is -3.97. The van der Waals surface area contributed by atoms with Gasteiger partial charge >= 0.3 is 11.9 Å². The number of nitrogens with zero attached hydrogens (tertiary/aromatic N) is 1. The van der Waals surface area contributed by atoms with Gasteiger partial charge in [-0.15, -0.1) is 0 Å². The normalized spacial score (nSPS) is 17.2. The molecule has 1 aliphatic rings. The Morgan fingerprint density at radius 2 is 1.80 bits per heavy atom. The molecule has 40 heavy (non-hydrogen) atoms. The number of aromatic nitrogens is 1. The number of benzene rings is 1. The second kappa shape index (κ2) is 14.4. The van der Waals surface area contributed by atoms with E-state index >= 15 is 0 Å². The Balaban J connectivity index is 1.67. The van der Waals surface area contributed by atoms with E-state index in [4.69, 9.17) is 16.6 Å². The van der Waals surface area contributed by atoms with Gasteiger partial charge in [-0.05, 0) is 63.1 Å². The second-order valence-corrected chi connectivity index (χ2v) is 10.0. The zero-order chi connectivity index (χ0) is 29.2. The van der Waals surface area contributed by atoms with E-state index in [1.54, 1.807) is 6.20 Å². The third kappa shape index (κ3) is 8.02. The number of hydrogen-bond donors (Lipinski definition) is 7. The zero-order valence-electron chi connectivity index (χ0n) is 22.3. The number of H-pyrrole nitrogens is 1. The number of nitrogens with one attached hydrogen (secondary N) is 3. The van der Waals surface area contributed by atoms with Gasteiger partial charge in [0.05, 0.1) is 6.04 Å². The molecule has 1 aliphatic heterocycles. The van der Waals surface area contributed by atoms with E-state index in [1.165, 1.54) is 4.90 Å². The summed E-state index contributed by atoms with van der Waals surface area (Å²) in [4.78, 5) is 66.9. The maximum atomic E-state index is 13.3. The summed E-state index contributed by atoms with van der Waals surface area (Å²) in [5.74, 6) is -4.25. The molecule has 1 aromatic carbocycles. The van der Waals surface area contributed by atoms with Crippen LogP contribution in [0.2, 0.25) is 0 Å². The number of carbonyl (C=O) groups excluding carboxylic acids is 3. The third-order valence-electron chi connectivity index (χ3n) is 7.11. The smallest absolute Gasteiger partial charge is 0.326 e. The molecule has 0 radical (unpaired) electrons. The van der Waals surface area contributed by atoms with Crippen molar-refractivity contribution in [2.24, 2.45) is 11.5 Å². The topological polar surface area (TPSA) is 221 Å². The predicted octanol–water partition coefficient (Wildman–Crippen LogP) is 0.0767. The molecular formula is C27H38N6O7. The van der Waals surface area contributed by atoms with Crippen molar-refractivity contribution in [1.82, 2.24) is 20.5 Å². The first-order valence-corrected chi connectivity index (χ1v) is 13.5. The molecule has 0 aliphatic carbocycles. The van der Waals surface area contributed by atoms with Crippen LogP contribution in [-0.2, 0) is 30.4 Å². The van der Waals surface area contributed by atoms with Gasteiger partial charge < -0.3 is 42.2 Å². The Bertz CT molecular complexity index is 1210. The summed E-state index contributed by atoms with van der Waals surface area (Å²) in [5.41, 5.74) is 13.5. The molecule has 218 valence electrons. The molecule has 2 aromatic rings. The lowest BCUT2D eigenvalue weighted by atomic mass is 10.0. The average molecular weight is 559 g/mol. The molecule has 2 heterocycles. The van der Waals surface area contributed by atoms with E-state index in [9.17, 15) is 29.1 Å². The quantitative estimate of drug-likeness (QED) is 0.147. The molecule has 3 rings (SSSR count). The maximum Gasteiger partial charge on any atom is 0.326 e. The molecule has 0 spiro atoms. The summed E-state index contributed by atoms with van der Waals surface area (Å²) >= 11 is 0. The maximum absolute atomic E-state index is 13.3. The third-order valence-corrected chi connectivity index (χ3v) is 7.11. The van der Waals surface area contributed by atoms with E-state index in [-0.39, 0.29) is 19.3 Å². The van der Waals surface area contributed by atoms with Gasteiger partial charge in [0.1, 0.15) is 18.1 Å². The van der Waals surface area contributed by atoms with Gasteiger partial charge in [0.2, 0.25) is 17.7 Å². The van der Waals surface area contributed by atoms with Crippen LogP contribution in [0.5, 0.6) is 0 Å². The number of aromatic amines is 1. The Labute approximate surface area is 231 Å². The minimum atomic E-state index is -1.29. The summed E-state index contributed by atoms with van der Waals surface area (Å²) in [6.07, 6.45) is 3.48. The molecule has 1 fully saturated rings. The average Bonchev–Trinajstić information content (AvgIpc) is 3.57. The number of rotatable bonds is 15. The zero-order valence-corrected chi connectivity index (χ0v) is 22.3. The van der Waals surface area contributed by atoms with Gasteiger partial charge in [-0.3, -0.25) is 19.2 Å². The van der Waals surface area contributed by atoms with Crippen LogP contribution >= 0.6 is 0 Å². The molecule has 1 aromatic heterocycles. The highest BCUT2D eigenvalue weighted by atomic mass is 16.4. The van der Waals surface area contributed by atoms with Crippen LogP contribution in [0, 0.1) is 0 Å². The molecule has 4 unspecified atom stereocenters. The highest BCUT2D eigenvalue weighted by Crippen LogP contribution is 2.22. The first-order chi connectivity index (χ1) is 19.1. The van der Waals surface area contributed by atoms with Crippen molar-refractivity contribution < 1.29 is 34.2 Å². The van der Waals surface area contributed by atoms with Gasteiger partial charge in [0.25, 0.3) is 0 Å². The van der Waals surface area contributed by atoms with Crippen molar-refractivity contribution in [2.45, 2.75) is 75.5 Å². The van der Waals surface area contributed by atoms with Crippen molar-refractivity contribution in [3.8, 4) is 0 Å². The lowest BCUT2D eigenvalue weighted by molar-refractivity contribution is -0.144. The standard InChI is InChI=1S/C27H38N6O7/c28-12-4-3-8-21(27(39)40)32-24(36)20(10-11-23(34)35)31-25(37)22-9-5-13-33(22)26(38)18(29)14-16-15-30-19-7-2-1-6-17(16)19/h1-2,6-7,15,18,20-22,30H,3-5,8-14,28-29H2,(H,31,37)(H,32,36)(H,34,35)(H,39,40). The van der Waals surface area contributed by atoms with Crippen molar-refractivity contribution in [3.05, 3.63) is 36.0 Å². The van der Waals surface area contributed by atoms with Crippen LogP contribution in [0.15, 0.2) is 30.5 Å². The number of carboxylic acids is 2. The molecule has 3 amide bonds. The number of aliphatic carboxylic acids is 2. The van der Waals surface area contributed by atoms with Crippen LogP contribution < -0.4 is 22.1 Å². The van der Waals surface area contributed by atoms with Crippen LogP contribution in [0.25, 0.3) is 10.9 Å². The van der Waals surface area contributed by atoms with E-state index in [0.717, 1.165) is 16.5 Å². The van der Waals surface area contributed by atoms with Crippen LogP contribution in [0.1, 0.15) is 50.5 Å². The lowest BCUT2D eigenvalue weighted by Gasteiger charge is -2.28. The number of para-hydroxylation sites is 1. The Kier molecular flexibility index (Phi) is 11.0. The molecule has 0 bridgehead atoms. The van der Waals surface area contributed by atoms with Crippen LogP contribution in [0.4, 0.5) is 0 Å². The Morgan fingerprint density at radius 1 is 1.05 bits per heavy atom. The van der Waals surface area contributed by atoms with Crippen LogP contribution in [-0.4, -0.2) is 87.0 Å². The molecule has 9 N–H and O–H groups in total. The highest BCUT2D eigenvalue weighted by molar-refractivity contribution is 5.95. The summed E-state index contributed by atoms with van der Waals surface area (Å²) in [5, 5.41) is 24.5. The predicted molar refractivity (Wildman–Crippen MR) is 146 cm³/mol. The number of unbranched alkanes of at least 4 members (excludes halogenated alkanes) is 1. The Morgan fingerprint density at radius 3 is 2.50 bits per heavy atom. The minimum absolute atomic E-state index is 0.136. The van der Waals surface area contributed by atoms with Crippen molar-refractivity contribution in [2.75, 3.05) is 13.1 Å². The lowest BCUT2D eigenvalue weighted by Crippen LogP contribution is -2.56. The van der Waals surface area contributed by atoms with Gasteiger partial charge in [0.15, 0.2) is 0 Å². The number of hydrogen-bond acceptors (Lipinski definition) is 7. The first-order valence-electron chi connectivity index (χ1n) is 13.5. The van der Waals surface area contributed by atoms with E-state index in [0.29, 0.717) is 38.8 Å². The minimum Gasteiger partial charge on any atom is -0.481 e. The fraction of sp³-hybridized carbons (Fsp3) is 0.519. The number of nitrogens with two attached hydrogens (primary N) is 2. The summed E-state index contributed by atoms with van der Waals surface area (Å²) in [7, 11) is 0. The summed E-state index contributed by atoms with van der Waals surface area (Å²) < 4.78 is 0. The van der Waals surface area contributed by atoms with Crippen LogP contribution in [0.3, 0.4) is 0 Å².